The summed E-state index contributed by atoms with van der Waals surface area (Å²) < 4.78 is 55.1. The van der Waals surface area contributed by atoms with Gasteiger partial charge >= 0.3 is 0 Å². The average molecular weight is 394 g/mol. The van der Waals surface area contributed by atoms with Gasteiger partial charge in [-0.15, -0.1) is 11.3 Å². The van der Waals surface area contributed by atoms with Crippen LogP contribution in [0.25, 0.3) is 10.2 Å². The van der Waals surface area contributed by atoms with Crippen molar-refractivity contribution < 1.29 is 17.2 Å². The number of hydrogen-bond donors (Lipinski definition) is 0. The van der Waals surface area contributed by atoms with Crippen LogP contribution in [0.2, 0.25) is 0 Å². The number of aromatic nitrogens is 1. The molecule has 0 spiro atoms. The van der Waals surface area contributed by atoms with Gasteiger partial charge in [0, 0.05) is 25.1 Å². The van der Waals surface area contributed by atoms with Crippen LogP contribution in [-0.4, -0.2) is 30.8 Å². The molecule has 0 N–H and O–H groups in total. The zero-order valence-electron chi connectivity index (χ0n) is 13.7. The predicted octanol–water partition coefficient (Wildman–Crippen LogP) is 4.14. The molecule has 2 heterocycles. The summed E-state index contributed by atoms with van der Waals surface area (Å²) in [5.41, 5.74) is 0.900. The lowest BCUT2D eigenvalue weighted by molar-refractivity contribution is 0.314. The van der Waals surface area contributed by atoms with E-state index in [4.69, 9.17) is 0 Å². The van der Waals surface area contributed by atoms with Crippen molar-refractivity contribution >= 4 is 31.6 Å². The van der Waals surface area contributed by atoms with Gasteiger partial charge in [-0.2, -0.15) is 4.31 Å². The van der Waals surface area contributed by atoms with Gasteiger partial charge < -0.3 is 0 Å². The molecule has 1 fully saturated rings. The first kappa shape index (κ1) is 17.5. The maximum absolute atomic E-state index is 14.0. The van der Waals surface area contributed by atoms with Gasteiger partial charge in [-0.3, -0.25) is 0 Å². The number of para-hydroxylation sites is 1. The Hall–Kier alpha value is -1.90. The molecule has 1 aliphatic rings. The van der Waals surface area contributed by atoms with Crippen LogP contribution in [0.15, 0.2) is 47.4 Å². The fourth-order valence-corrected chi connectivity index (χ4v) is 5.91. The molecule has 1 atom stereocenters. The van der Waals surface area contributed by atoms with Crippen LogP contribution < -0.4 is 0 Å². The normalized spacial score (nSPS) is 19.1. The van der Waals surface area contributed by atoms with Crippen LogP contribution in [0.1, 0.15) is 23.8 Å². The number of hydrogen-bond acceptors (Lipinski definition) is 4. The largest absolute Gasteiger partial charge is 0.246 e. The third-order valence-electron chi connectivity index (χ3n) is 4.56. The number of rotatable bonds is 3. The summed E-state index contributed by atoms with van der Waals surface area (Å²) in [6, 6.07) is 10.3. The van der Waals surface area contributed by atoms with Gasteiger partial charge in [0.2, 0.25) is 10.0 Å². The predicted molar refractivity (Wildman–Crippen MR) is 96.7 cm³/mol. The Kier molecular flexibility index (Phi) is 4.50. The summed E-state index contributed by atoms with van der Waals surface area (Å²) in [5.74, 6) is -1.89. The Morgan fingerprint density at radius 2 is 1.96 bits per heavy atom. The average Bonchev–Trinajstić information content (AvgIpc) is 3.06. The molecule has 0 amide bonds. The van der Waals surface area contributed by atoms with Gasteiger partial charge in [0.1, 0.15) is 16.5 Å². The first-order chi connectivity index (χ1) is 12.4. The van der Waals surface area contributed by atoms with Gasteiger partial charge in [0.15, 0.2) is 0 Å². The molecule has 1 aliphatic heterocycles. The summed E-state index contributed by atoms with van der Waals surface area (Å²) in [5, 5.41) is 0.894. The summed E-state index contributed by atoms with van der Waals surface area (Å²) in [4.78, 5) is 4.15. The fraction of sp³-hybridized carbons (Fsp3) is 0.278. The van der Waals surface area contributed by atoms with E-state index in [0.717, 1.165) is 33.8 Å². The molecule has 3 aromatic rings. The standard InChI is InChI=1S/C18H16F2N2O2S2/c19-13-7-8-17(14(20)10-13)26(23,24)22-9-3-4-12(11-22)18-21-15-5-1-2-6-16(15)25-18/h1-2,5-8,10,12H,3-4,9,11H2/t12-/m0/s1. The highest BCUT2D eigenvalue weighted by molar-refractivity contribution is 7.89. The van der Waals surface area contributed by atoms with E-state index in [1.54, 1.807) is 11.3 Å². The van der Waals surface area contributed by atoms with Crippen molar-refractivity contribution in [3.63, 3.8) is 0 Å². The zero-order valence-corrected chi connectivity index (χ0v) is 15.4. The number of benzene rings is 2. The van der Waals surface area contributed by atoms with E-state index in [9.17, 15) is 17.2 Å². The van der Waals surface area contributed by atoms with Crippen molar-refractivity contribution in [3.8, 4) is 0 Å². The summed E-state index contributed by atoms with van der Waals surface area (Å²) in [6.45, 7) is 0.569. The molecule has 4 rings (SSSR count). The number of piperidine rings is 1. The molecule has 0 radical (unpaired) electrons. The minimum Gasteiger partial charge on any atom is -0.241 e. The Balaban J connectivity index is 1.63. The second kappa shape index (κ2) is 6.68. The third-order valence-corrected chi connectivity index (χ3v) is 7.65. The van der Waals surface area contributed by atoms with Gasteiger partial charge in [-0.25, -0.2) is 22.2 Å². The van der Waals surface area contributed by atoms with Crippen molar-refractivity contribution in [1.82, 2.24) is 9.29 Å². The van der Waals surface area contributed by atoms with Crippen LogP contribution in [-0.2, 0) is 10.0 Å². The van der Waals surface area contributed by atoms with Crippen LogP contribution in [0.3, 0.4) is 0 Å². The van der Waals surface area contributed by atoms with Crippen LogP contribution in [0.4, 0.5) is 8.78 Å². The summed E-state index contributed by atoms with van der Waals surface area (Å²) in [7, 11) is -4.01. The van der Waals surface area contributed by atoms with E-state index in [0.29, 0.717) is 19.0 Å². The van der Waals surface area contributed by atoms with Gasteiger partial charge in [-0.05, 0) is 37.1 Å². The van der Waals surface area contributed by atoms with Gasteiger partial charge in [0.25, 0.3) is 0 Å². The lowest BCUT2D eigenvalue weighted by Crippen LogP contribution is -2.39. The Morgan fingerprint density at radius 1 is 1.15 bits per heavy atom. The molecule has 1 saturated heterocycles. The molecule has 1 aromatic heterocycles. The molecular weight excluding hydrogens is 378 g/mol. The Bertz CT molecular complexity index is 1030. The van der Waals surface area contributed by atoms with Crippen molar-refractivity contribution in [2.24, 2.45) is 0 Å². The number of halogens is 2. The molecule has 0 unspecified atom stereocenters. The molecule has 136 valence electrons. The van der Waals surface area contributed by atoms with E-state index < -0.39 is 26.6 Å². The maximum atomic E-state index is 14.0. The second-order valence-corrected chi connectivity index (χ2v) is 9.27. The molecule has 26 heavy (non-hydrogen) atoms. The quantitative estimate of drug-likeness (QED) is 0.671. The lowest BCUT2D eigenvalue weighted by atomic mass is 10.0. The first-order valence-electron chi connectivity index (χ1n) is 8.26. The molecule has 0 saturated carbocycles. The monoisotopic (exact) mass is 394 g/mol. The molecule has 0 bridgehead atoms. The number of sulfonamides is 1. The zero-order chi connectivity index (χ0) is 18.3. The van der Waals surface area contributed by atoms with Crippen molar-refractivity contribution in [2.45, 2.75) is 23.7 Å². The van der Waals surface area contributed by atoms with E-state index >= 15 is 0 Å². The van der Waals surface area contributed by atoms with E-state index in [-0.39, 0.29) is 12.5 Å². The van der Waals surface area contributed by atoms with Crippen LogP contribution in [0, 0.1) is 11.6 Å². The first-order valence-corrected chi connectivity index (χ1v) is 10.5. The highest BCUT2D eigenvalue weighted by Gasteiger charge is 2.33. The van der Waals surface area contributed by atoms with Crippen molar-refractivity contribution in [2.75, 3.05) is 13.1 Å². The van der Waals surface area contributed by atoms with E-state index in [1.165, 1.54) is 4.31 Å². The maximum Gasteiger partial charge on any atom is 0.246 e. The fourth-order valence-electron chi connectivity index (χ4n) is 3.25. The minimum absolute atomic E-state index is 0.0283. The third kappa shape index (κ3) is 3.13. The highest BCUT2D eigenvalue weighted by Crippen LogP contribution is 2.35. The Labute approximate surface area is 154 Å². The van der Waals surface area contributed by atoms with Crippen molar-refractivity contribution in [3.05, 3.63) is 59.1 Å². The molecule has 2 aromatic carbocycles. The van der Waals surface area contributed by atoms with Crippen LogP contribution >= 0.6 is 11.3 Å². The lowest BCUT2D eigenvalue weighted by Gasteiger charge is -2.31. The number of thiazole rings is 1. The van der Waals surface area contributed by atoms with E-state index in [2.05, 4.69) is 4.98 Å². The van der Waals surface area contributed by atoms with Crippen LogP contribution in [0.5, 0.6) is 0 Å². The highest BCUT2D eigenvalue weighted by atomic mass is 32.2. The Morgan fingerprint density at radius 3 is 2.73 bits per heavy atom. The number of fused-ring (bicyclic) bond motifs is 1. The van der Waals surface area contributed by atoms with E-state index in [1.807, 2.05) is 24.3 Å². The summed E-state index contributed by atoms with van der Waals surface area (Å²) >= 11 is 1.56. The smallest absolute Gasteiger partial charge is 0.241 e. The molecule has 0 aliphatic carbocycles. The second-order valence-electron chi connectivity index (χ2n) is 6.30. The molecule has 8 heteroatoms. The van der Waals surface area contributed by atoms with Gasteiger partial charge in [-0.1, -0.05) is 12.1 Å². The molecular formula is C18H16F2N2O2S2. The minimum atomic E-state index is -4.01. The van der Waals surface area contributed by atoms with Gasteiger partial charge in [0.05, 0.1) is 15.2 Å². The SMILES string of the molecule is O=S(=O)(c1ccc(F)cc1F)N1CCC[C@H](c2nc3ccccc3s2)C1. The van der Waals surface area contributed by atoms with Crippen molar-refractivity contribution in [1.29, 1.82) is 0 Å². The molecule has 4 nitrogen and oxygen atoms in total. The topological polar surface area (TPSA) is 50.3 Å². The summed E-state index contributed by atoms with van der Waals surface area (Å²) in [6.07, 6.45) is 1.50. The number of nitrogens with zero attached hydrogens (tertiary/aromatic N) is 2.